The predicted octanol–water partition coefficient (Wildman–Crippen LogP) is 4.46. The molecule has 0 radical (unpaired) electrons. The summed E-state index contributed by atoms with van der Waals surface area (Å²) in [5.74, 6) is 0.714. The highest BCUT2D eigenvalue weighted by atomic mass is 16.6. The summed E-state index contributed by atoms with van der Waals surface area (Å²) in [5.41, 5.74) is 0.0219. The van der Waals surface area contributed by atoms with Crippen LogP contribution >= 0.6 is 0 Å². The molecule has 1 aromatic rings. The molecule has 2 saturated heterocycles. The monoisotopic (exact) mass is 531 g/mol. The van der Waals surface area contributed by atoms with E-state index in [2.05, 4.69) is 52.6 Å². The highest BCUT2D eigenvalue weighted by molar-refractivity contribution is 5.96. The second-order valence-electron chi connectivity index (χ2n) is 14.3. The van der Waals surface area contributed by atoms with Crippen molar-refractivity contribution in [3.63, 3.8) is 0 Å². The van der Waals surface area contributed by atoms with Crippen LogP contribution in [0.3, 0.4) is 0 Å². The van der Waals surface area contributed by atoms with Crippen molar-refractivity contribution in [3.05, 3.63) is 54.1 Å². The van der Waals surface area contributed by atoms with E-state index in [-0.39, 0.29) is 47.4 Å². The molecule has 6 heteroatoms. The Kier molecular flexibility index (Phi) is 5.28. The van der Waals surface area contributed by atoms with E-state index >= 15 is 0 Å². The average Bonchev–Trinajstić information content (AvgIpc) is 3.17. The Morgan fingerprint density at radius 2 is 1.85 bits per heavy atom. The number of hydrogen-bond donors (Lipinski definition) is 2. The van der Waals surface area contributed by atoms with Crippen LogP contribution in [0.5, 0.6) is 5.75 Å². The van der Waals surface area contributed by atoms with E-state index in [0.29, 0.717) is 11.8 Å². The lowest BCUT2D eigenvalue weighted by Crippen LogP contribution is -2.64. The van der Waals surface area contributed by atoms with E-state index in [0.717, 1.165) is 24.2 Å². The van der Waals surface area contributed by atoms with Crippen LogP contribution in [0.1, 0.15) is 53.0 Å². The molecule has 3 aliphatic carbocycles. The molecule has 4 unspecified atom stereocenters. The SMILES string of the molecule is C=C[C@@]1(C)C=C(C)[C@@H]2C3C1C(=O)C1O[C@@H]4C1C(=O)N[C@@]4(O)Cc1ccc(cc1)O[C@@H]3[C@@H]1[C@@H](C)C[C@@H](C)C[C@]12C. The fourth-order valence-corrected chi connectivity index (χ4v) is 10.6. The summed E-state index contributed by atoms with van der Waals surface area (Å²) in [5, 5.41) is 14.2. The van der Waals surface area contributed by atoms with Gasteiger partial charge in [-0.3, -0.25) is 9.59 Å². The summed E-state index contributed by atoms with van der Waals surface area (Å²) >= 11 is 0. The Morgan fingerprint density at radius 3 is 2.54 bits per heavy atom. The zero-order valence-corrected chi connectivity index (χ0v) is 23.6. The molecule has 10 rings (SSSR count). The van der Waals surface area contributed by atoms with Crippen LogP contribution in [-0.4, -0.2) is 40.8 Å². The highest BCUT2D eigenvalue weighted by Crippen LogP contribution is 2.68. The van der Waals surface area contributed by atoms with Crippen molar-refractivity contribution in [2.75, 3.05) is 0 Å². The molecule has 6 heterocycles. The van der Waals surface area contributed by atoms with Gasteiger partial charge in [0.15, 0.2) is 11.5 Å². The third kappa shape index (κ3) is 3.28. The number of amides is 1. The summed E-state index contributed by atoms with van der Waals surface area (Å²) in [4.78, 5) is 27.9. The third-order valence-electron chi connectivity index (χ3n) is 11.6. The lowest BCUT2D eigenvalue weighted by molar-refractivity contribution is -0.228. The van der Waals surface area contributed by atoms with E-state index in [1.165, 1.54) is 5.57 Å². The van der Waals surface area contributed by atoms with Gasteiger partial charge in [-0.05, 0) is 60.6 Å². The Hall–Kier alpha value is -2.44. The van der Waals surface area contributed by atoms with Crippen molar-refractivity contribution in [2.45, 2.75) is 77.9 Å². The predicted molar refractivity (Wildman–Crippen MR) is 147 cm³/mol. The van der Waals surface area contributed by atoms with Crippen LogP contribution < -0.4 is 10.1 Å². The number of carbonyl (C=O) groups is 2. The molecule has 6 bridgehead atoms. The molecule has 6 aliphatic heterocycles. The fraction of sp³-hybridized carbons (Fsp3) is 0.636. The second-order valence-corrected chi connectivity index (χ2v) is 14.3. The van der Waals surface area contributed by atoms with Gasteiger partial charge in [-0.1, -0.05) is 57.6 Å². The van der Waals surface area contributed by atoms with E-state index in [4.69, 9.17) is 9.47 Å². The first-order chi connectivity index (χ1) is 18.4. The number of ketones is 1. The minimum absolute atomic E-state index is 0.0179. The number of benzene rings is 1. The van der Waals surface area contributed by atoms with Gasteiger partial charge in [0.2, 0.25) is 5.91 Å². The Morgan fingerprint density at radius 1 is 1.13 bits per heavy atom. The lowest BCUT2D eigenvalue weighted by atomic mass is 9.53. The number of Topliss-reactive ketones (excluding diaryl/α,β-unsaturated/α-hetero) is 1. The Bertz CT molecular complexity index is 1290. The minimum atomic E-state index is -1.54. The van der Waals surface area contributed by atoms with Crippen LogP contribution in [-0.2, 0) is 20.7 Å². The van der Waals surface area contributed by atoms with Crippen molar-refractivity contribution < 1.29 is 24.2 Å². The molecule has 0 spiro atoms. The van der Waals surface area contributed by atoms with Crippen molar-refractivity contribution in [1.29, 1.82) is 0 Å². The van der Waals surface area contributed by atoms with Crippen molar-refractivity contribution in [2.24, 2.45) is 52.3 Å². The summed E-state index contributed by atoms with van der Waals surface area (Å²) in [6, 6.07) is 7.88. The molecular weight excluding hydrogens is 490 g/mol. The fourth-order valence-electron chi connectivity index (χ4n) is 10.6. The van der Waals surface area contributed by atoms with Crippen molar-refractivity contribution >= 4 is 11.7 Å². The molecule has 1 amide bonds. The zero-order valence-electron chi connectivity index (χ0n) is 23.6. The van der Waals surface area contributed by atoms with E-state index in [1.807, 2.05) is 30.3 Å². The smallest absolute Gasteiger partial charge is 0.231 e. The molecule has 39 heavy (non-hydrogen) atoms. The van der Waals surface area contributed by atoms with Gasteiger partial charge in [-0.25, -0.2) is 0 Å². The number of ether oxygens (including phenoxy) is 2. The number of carbonyl (C=O) groups excluding carboxylic acids is 2. The molecule has 0 aromatic heterocycles. The van der Waals surface area contributed by atoms with Gasteiger partial charge in [-0.15, -0.1) is 6.58 Å². The topological polar surface area (TPSA) is 84.9 Å². The van der Waals surface area contributed by atoms with E-state index in [9.17, 15) is 14.7 Å². The number of nitrogens with one attached hydrogen (secondary N) is 1. The van der Waals surface area contributed by atoms with Crippen molar-refractivity contribution in [3.8, 4) is 5.75 Å². The first kappa shape index (κ1) is 25.5. The van der Waals surface area contributed by atoms with Gasteiger partial charge in [-0.2, -0.15) is 0 Å². The first-order valence-corrected chi connectivity index (χ1v) is 14.7. The van der Waals surface area contributed by atoms with Gasteiger partial charge in [0.1, 0.15) is 30.0 Å². The standard InChI is InChI=1S/C33H41NO5/c1-7-31(5)14-18(4)23-21-25(31)26(35)28-22-29(39-28)33(37,34-30(22)36)15-19-8-10-20(11-9-19)38-27(21)24-17(3)12-16(2)13-32(23,24)6/h7-11,14,16-17,21-25,27-29,37H,1,12-13,15H2,2-6H3,(H,34,36)/t16-,17+,21?,22?,23-,24+,25?,27+,28?,29-,31+,32+,33-/m1/s1. The summed E-state index contributed by atoms with van der Waals surface area (Å²) in [6.45, 7) is 15.7. The van der Waals surface area contributed by atoms with Crippen LogP contribution in [0, 0.1) is 52.3 Å². The Labute approximate surface area is 231 Å². The second kappa shape index (κ2) is 8.07. The van der Waals surface area contributed by atoms with Gasteiger partial charge in [0, 0.05) is 29.6 Å². The maximum Gasteiger partial charge on any atom is 0.231 e. The third-order valence-corrected chi connectivity index (χ3v) is 11.6. The zero-order chi connectivity index (χ0) is 27.6. The van der Waals surface area contributed by atoms with Crippen LogP contribution in [0.15, 0.2) is 48.6 Å². The molecule has 2 saturated carbocycles. The molecular formula is C33H41NO5. The minimum Gasteiger partial charge on any atom is -0.490 e. The number of rotatable bonds is 1. The quantitative estimate of drug-likeness (QED) is 0.523. The van der Waals surface area contributed by atoms with Crippen LogP contribution in [0.25, 0.3) is 0 Å². The molecule has 2 N–H and O–H groups in total. The largest absolute Gasteiger partial charge is 0.490 e. The number of aliphatic hydroxyl groups is 1. The number of hydrogen-bond acceptors (Lipinski definition) is 5. The van der Waals surface area contributed by atoms with Gasteiger partial charge < -0.3 is 19.9 Å². The van der Waals surface area contributed by atoms with Gasteiger partial charge >= 0.3 is 0 Å². The maximum atomic E-state index is 14.7. The summed E-state index contributed by atoms with van der Waals surface area (Å²) in [7, 11) is 0. The molecule has 1 aromatic carbocycles. The molecule has 4 fully saturated rings. The van der Waals surface area contributed by atoms with E-state index < -0.39 is 35.2 Å². The molecule has 6 nitrogen and oxygen atoms in total. The van der Waals surface area contributed by atoms with Gasteiger partial charge in [0.25, 0.3) is 0 Å². The summed E-state index contributed by atoms with van der Waals surface area (Å²) in [6.07, 6.45) is 4.84. The maximum absolute atomic E-state index is 14.7. The first-order valence-electron chi connectivity index (χ1n) is 14.7. The molecule has 13 atom stereocenters. The normalized spacial score (nSPS) is 51.5. The van der Waals surface area contributed by atoms with E-state index in [1.54, 1.807) is 0 Å². The van der Waals surface area contributed by atoms with Crippen LogP contribution in [0.4, 0.5) is 0 Å². The Balaban J connectivity index is 1.44. The summed E-state index contributed by atoms with van der Waals surface area (Å²) < 4.78 is 13.2. The molecule has 9 aliphatic rings. The number of fused-ring (bicyclic) bond motifs is 2. The van der Waals surface area contributed by atoms with Crippen molar-refractivity contribution in [1.82, 2.24) is 5.32 Å². The highest BCUT2D eigenvalue weighted by Gasteiger charge is 2.71. The lowest BCUT2D eigenvalue weighted by Gasteiger charge is -2.51. The average molecular weight is 532 g/mol. The molecule has 208 valence electrons. The van der Waals surface area contributed by atoms with Crippen LogP contribution in [0.2, 0.25) is 0 Å². The van der Waals surface area contributed by atoms with Gasteiger partial charge in [0.05, 0.1) is 0 Å². The number of allylic oxidation sites excluding steroid dienone is 3.